The molecule has 0 bridgehead atoms. The highest BCUT2D eigenvalue weighted by atomic mass is 32.2. The lowest BCUT2D eigenvalue weighted by molar-refractivity contribution is 0.510. The van der Waals surface area contributed by atoms with E-state index in [-0.39, 0.29) is 23.4 Å². The normalized spacial score (nSPS) is 17.7. The molecule has 1 unspecified atom stereocenters. The quantitative estimate of drug-likeness (QED) is 0.844. The van der Waals surface area contributed by atoms with E-state index >= 15 is 0 Å². The lowest BCUT2D eigenvalue weighted by Crippen LogP contribution is -2.42. The van der Waals surface area contributed by atoms with Gasteiger partial charge < -0.3 is 5.73 Å². The van der Waals surface area contributed by atoms with Gasteiger partial charge in [-0.05, 0) is 37.3 Å². The standard InChI is InChI=1S/C12H17FN2O2S/c1-8-3-2-4-10(13)12(8)18(16,17)15-11(7-14)9-5-6-9/h2-4,9,11,15H,5-7,14H2,1H3. The fourth-order valence-corrected chi connectivity index (χ4v) is 3.67. The zero-order valence-electron chi connectivity index (χ0n) is 10.2. The summed E-state index contributed by atoms with van der Waals surface area (Å²) < 4.78 is 40.5. The minimum Gasteiger partial charge on any atom is -0.329 e. The van der Waals surface area contributed by atoms with Crippen LogP contribution in [0.3, 0.4) is 0 Å². The van der Waals surface area contributed by atoms with E-state index in [1.807, 2.05) is 0 Å². The maximum atomic E-state index is 13.7. The van der Waals surface area contributed by atoms with Crippen molar-refractivity contribution < 1.29 is 12.8 Å². The van der Waals surface area contributed by atoms with Crippen LogP contribution in [-0.2, 0) is 10.0 Å². The van der Waals surface area contributed by atoms with E-state index in [0.717, 1.165) is 18.9 Å². The van der Waals surface area contributed by atoms with Crippen molar-refractivity contribution in [2.24, 2.45) is 11.7 Å². The number of sulfonamides is 1. The van der Waals surface area contributed by atoms with Crippen LogP contribution in [0.25, 0.3) is 0 Å². The molecule has 0 amide bonds. The Kier molecular flexibility index (Phi) is 3.70. The predicted octanol–water partition coefficient (Wildman–Crippen LogP) is 1.15. The first-order valence-corrected chi connectivity index (χ1v) is 7.41. The van der Waals surface area contributed by atoms with Gasteiger partial charge >= 0.3 is 0 Å². The van der Waals surface area contributed by atoms with Gasteiger partial charge in [-0.3, -0.25) is 0 Å². The molecule has 1 fully saturated rings. The molecule has 1 aromatic carbocycles. The molecule has 1 aliphatic rings. The molecule has 6 heteroatoms. The van der Waals surface area contributed by atoms with Crippen LogP contribution in [0, 0.1) is 18.7 Å². The number of aryl methyl sites for hydroxylation is 1. The molecule has 0 spiro atoms. The van der Waals surface area contributed by atoms with Crippen LogP contribution in [0.5, 0.6) is 0 Å². The molecule has 1 saturated carbocycles. The highest BCUT2D eigenvalue weighted by Gasteiger charge is 2.34. The van der Waals surface area contributed by atoms with Gasteiger partial charge in [-0.15, -0.1) is 0 Å². The first-order chi connectivity index (χ1) is 8.45. The molecule has 1 aromatic rings. The number of hydrogen-bond acceptors (Lipinski definition) is 3. The lowest BCUT2D eigenvalue weighted by Gasteiger charge is -2.17. The van der Waals surface area contributed by atoms with Crippen LogP contribution in [-0.4, -0.2) is 21.0 Å². The average molecular weight is 272 g/mol. The van der Waals surface area contributed by atoms with E-state index in [1.54, 1.807) is 13.0 Å². The topological polar surface area (TPSA) is 72.2 Å². The summed E-state index contributed by atoms with van der Waals surface area (Å²) >= 11 is 0. The van der Waals surface area contributed by atoms with Crippen molar-refractivity contribution in [3.8, 4) is 0 Å². The zero-order chi connectivity index (χ0) is 13.3. The van der Waals surface area contributed by atoms with Crippen molar-refractivity contribution in [3.05, 3.63) is 29.6 Å². The minimum absolute atomic E-state index is 0.234. The Morgan fingerprint density at radius 3 is 2.67 bits per heavy atom. The molecule has 0 aromatic heterocycles. The van der Waals surface area contributed by atoms with Gasteiger partial charge in [0.05, 0.1) is 0 Å². The van der Waals surface area contributed by atoms with Crippen molar-refractivity contribution in [1.29, 1.82) is 0 Å². The maximum absolute atomic E-state index is 13.7. The second kappa shape index (κ2) is 4.95. The molecule has 4 nitrogen and oxygen atoms in total. The number of nitrogens with one attached hydrogen (secondary N) is 1. The monoisotopic (exact) mass is 272 g/mol. The van der Waals surface area contributed by atoms with Crippen LogP contribution in [0.2, 0.25) is 0 Å². The summed E-state index contributed by atoms with van der Waals surface area (Å²) in [6, 6.07) is 3.92. The SMILES string of the molecule is Cc1cccc(F)c1S(=O)(=O)NC(CN)C1CC1. The van der Waals surface area contributed by atoms with Crippen LogP contribution in [0.1, 0.15) is 18.4 Å². The third-order valence-electron chi connectivity index (χ3n) is 3.18. The number of nitrogens with two attached hydrogens (primary N) is 1. The average Bonchev–Trinajstić information content (AvgIpc) is 3.09. The van der Waals surface area contributed by atoms with E-state index in [1.165, 1.54) is 6.07 Å². The largest absolute Gasteiger partial charge is 0.329 e. The molecule has 100 valence electrons. The summed E-state index contributed by atoms with van der Waals surface area (Å²) in [6.07, 6.45) is 1.95. The van der Waals surface area contributed by atoms with Gasteiger partial charge in [-0.25, -0.2) is 17.5 Å². The molecule has 2 rings (SSSR count). The highest BCUT2D eigenvalue weighted by Crippen LogP contribution is 2.33. The molecule has 0 saturated heterocycles. The Balaban J connectivity index is 2.30. The zero-order valence-corrected chi connectivity index (χ0v) is 11.0. The number of hydrogen-bond donors (Lipinski definition) is 2. The van der Waals surface area contributed by atoms with E-state index in [4.69, 9.17) is 5.73 Å². The lowest BCUT2D eigenvalue weighted by atomic mass is 10.2. The van der Waals surface area contributed by atoms with Gasteiger partial charge in [0.15, 0.2) is 0 Å². The van der Waals surface area contributed by atoms with Crippen LogP contribution >= 0.6 is 0 Å². The Morgan fingerprint density at radius 2 is 2.17 bits per heavy atom. The van der Waals surface area contributed by atoms with Gasteiger partial charge in [0.1, 0.15) is 10.7 Å². The van der Waals surface area contributed by atoms with Gasteiger partial charge in [0.2, 0.25) is 10.0 Å². The molecular weight excluding hydrogens is 255 g/mol. The molecule has 1 atom stereocenters. The molecule has 0 radical (unpaired) electrons. The number of benzene rings is 1. The fraction of sp³-hybridized carbons (Fsp3) is 0.500. The third kappa shape index (κ3) is 2.71. The van der Waals surface area contributed by atoms with Crippen molar-refractivity contribution in [3.63, 3.8) is 0 Å². The molecule has 3 N–H and O–H groups in total. The minimum atomic E-state index is -3.84. The van der Waals surface area contributed by atoms with Crippen LogP contribution in [0.4, 0.5) is 4.39 Å². The Hall–Kier alpha value is -0.980. The van der Waals surface area contributed by atoms with Gasteiger partial charge in [-0.1, -0.05) is 12.1 Å². The molecule has 18 heavy (non-hydrogen) atoms. The summed E-state index contributed by atoms with van der Waals surface area (Å²) in [5, 5.41) is 0. The Morgan fingerprint density at radius 1 is 1.50 bits per heavy atom. The summed E-state index contributed by atoms with van der Waals surface area (Å²) in [4.78, 5) is -0.274. The van der Waals surface area contributed by atoms with E-state index in [0.29, 0.717) is 5.56 Å². The predicted molar refractivity (Wildman–Crippen MR) is 67.0 cm³/mol. The van der Waals surface area contributed by atoms with E-state index in [9.17, 15) is 12.8 Å². The van der Waals surface area contributed by atoms with E-state index < -0.39 is 15.8 Å². The first-order valence-electron chi connectivity index (χ1n) is 5.93. The van der Waals surface area contributed by atoms with Gasteiger partial charge in [0.25, 0.3) is 0 Å². The van der Waals surface area contributed by atoms with Gasteiger partial charge in [0, 0.05) is 12.6 Å². The molecule has 1 aliphatic carbocycles. The van der Waals surface area contributed by atoms with Crippen molar-refractivity contribution in [2.45, 2.75) is 30.7 Å². The summed E-state index contributed by atoms with van der Waals surface area (Å²) in [5.74, 6) is -0.439. The van der Waals surface area contributed by atoms with Crippen LogP contribution < -0.4 is 10.5 Å². The van der Waals surface area contributed by atoms with Gasteiger partial charge in [-0.2, -0.15) is 0 Å². The molecule has 0 heterocycles. The van der Waals surface area contributed by atoms with Crippen molar-refractivity contribution in [2.75, 3.05) is 6.54 Å². The molecule has 0 aliphatic heterocycles. The van der Waals surface area contributed by atoms with E-state index in [2.05, 4.69) is 4.72 Å². The smallest absolute Gasteiger partial charge is 0.244 e. The summed E-state index contributed by atoms with van der Waals surface area (Å²) in [6.45, 7) is 1.81. The fourth-order valence-electron chi connectivity index (χ4n) is 2.05. The second-order valence-electron chi connectivity index (χ2n) is 4.69. The number of rotatable bonds is 5. The maximum Gasteiger partial charge on any atom is 0.244 e. The van der Waals surface area contributed by atoms with Crippen molar-refractivity contribution in [1.82, 2.24) is 4.72 Å². The molecular formula is C12H17FN2O2S. The highest BCUT2D eigenvalue weighted by molar-refractivity contribution is 7.89. The summed E-state index contributed by atoms with van der Waals surface area (Å²) in [7, 11) is -3.84. The second-order valence-corrected chi connectivity index (χ2v) is 6.34. The third-order valence-corrected chi connectivity index (χ3v) is 4.85. The Labute approximate surface area is 106 Å². The number of halogens is 1. The first kappa shape index (κ1) is 13.5. The van der Waals surface area contributed by atoms with Crippen LogP contribution in [0.15, 0.2) is 23.1 Å². The van der Waals surface area contributed by atoms with Crippen molar-refractivity contribution >= 4 is 10.0 Å². The summed E-state index contributed by atoms with van der Waals surface area (Å²) in [5.41, 5.74) is 5.95. The Bertz CT molecular complexity index is 521.